The molecule has 36 heavy (non-hydrogen) atoms. The minimum absolute atomic E-state index is 0.0500. The lowest BCUT2D eigenvalue weighted by atomic mass is 9.97. The minimum Gasteiger partial charge on any atom is -0.434 e. The fraction of sp³-hybridized carbons (Fsp3) is 0.269. The van der Waals surface area contributed by atoms with Gasteiger partial charge < -0.3 is 14.2 Å². The highest BCUT2D eigenvalue weighted by atomic mass is 19.3. The SMILES string of the molecule is CCN1C(=O)c2cccc(OC(F)F)c2[C@H]2C[C@@H]1c1nc3cc(F)c(C#Cc4cnn(C)c4)cc3n12. The summed E-state index contributed by atoms with van der Waals surface area (Å²) in [5, 5.41) is 4.07. The Labute approximate surface area is 204 Å². The van der Waals surface area contributed by atoms with E-state index in [9.17, 15) is 18.0 Å². The number of aryl methyl sites for hydroxylation is 1. The van der Waals surface area contributed by atoms with E-state index in [0.29, 0.717) is 46.5 Å². The number of hydrogen-bond donors (Lipinski definition) is 0. The van der Waals surface area contributed by atoms with E-state index in [1.807, 2.05) is 11.5 Å². The van der Waals surface area contributed by atoms with Crippen LogP contribution < -0.4 is 4.74 Å². The van der Waals surface area contributed by atoms with Crippen molar-refractivity contribution >= 4 is 16.9 Å². The van der Waals surface area contributed by atoms with Crippen LogP contribution in [-0.2, 0) is 7.05 Å². The molecule has 10 heteroatoms. The highest BCUT2D eigenvalue weighted by Crippen LogP contribution is 2.50. The van der Waals surface area contributed by atoms with Crippen molar-refractivity contribution in [3.63, 3.8) is 0 Å². The molecule has 4 aromatic rings. The van der Waals surface area contributed by atoms with Crippen LogP contribution in [0.3, 0.4) is 0 Å². The summed E-state index contributed by atoms with van der Waals surface area (Å²) in [6.45, 7) is -0.791. The van der Waals surface area contributed by atoms with Gasteiger partial charge in [-0.2, -0.15) is 13.9 Å². The zero-order valence-electron chi connectivity index (χ0n) is 19.4. The number of ether oxygens (including phenoxy) is 1. The summed E-state index contributed by atoms with van der Waals surface area (Å²) in [6, 6.07) is 6.66. The van der Waals surface area contributed by atoms with Crippen LogP contribution >= 0.6 is 0 Å². The smallest absolute Gasteiger partial charge is 0.387 e. The second kappa shape index (κ2) is 8.16. The summed E-state index contributed by atoms with van der Waals surface area (Å²) in [4.78, 5) is 19.8. The molecule has 0 N–H and O–H groups in total. The van der Waals surface area contributed by atoms with Gasteiger partial charge in [-0.3, -0.25) is 9.48 Å². The Morgan fingerprint density at radius 3 is 2.78 bits per heavy atom. The predicted octanol–water partition coefficient (Wildman–Crippen LogP) is 4.42. The van der Waals surface area contributed by atoms with Crippen molar-refractivity contribution in [3.05, 3.63) is 76.6 Å². The number of rotatable bonds is 3. The van der Waals surface area contributed by atoms with Crippen LogP contribution in [-0.4, -0.2) is 43.3 Å². The minimum atomic E-state index is -3.04. The largest absolute Gasteiger partial charge is 0.434 e. The lowest BCUT2D eigenvalue weighted by Gasteiger charge is -2.27. The number of halogens is 3. The van der Waals surface area contributed by atoms with E-state index >= 15 is 0 Å². The first-order valence-corrected chi connectivity index (χ1v) is 11.5. The maximum Gasteiger partial charge on any atom is 0.387 e. The summed E-state index contributed by atoms with van der Waals surface area (Å²) in [6.07, 6.45) is 3.76. The molecule has 0 aliphatic carbocycles. The monoisotopic (exact) mass is 491 g/mol. The second-order valence-electron chi connectivity index (χ2n) is 8.77. The van der Waals surface area contributed by atoms with E-state index in [1.165, 1.54) is 18.2 Å². The Morgan fingerprint density at radius 1 is 1.22 bits per heavy atom. The Hall–Kier alpha value is -4.26. The van der Waals surface area contributed by atoms with Gasteiger partial charge in [0, 0.05) is 43.4 Å². The van der Waals surface area contributed by atoms with E-state index in [1.54, 1.807) is 41.2 Å². The van der Waals surface area contributed by atoms with E-state index in [2.05, 4.69) is 21.9 Å². The Bertz CT molecular complexity index is 1600. The van der Waals surface area contributed by atoms with Crippen LogP contribution in [0.15, 0.2) is 42.7 Å². The summed E-state index contributed by atoms with van der Waals surface area (Å²) < 4.78 is 49.9. The summed E-state index contributed by atoms with van der Waals surface area (Å²) >= 11 is 0. The molecule has 1 amide bonds. The molecule has 182 valence electrons. The van der Waals surface area contributed by atoms with Crippen molar-refractivity contribution < 1.29 is 22.7 Å². The third-order valence-corrected chi connectivity index (χ3v) is 6.73. The third kappa shape index (κ3) is 3.34. The van der Waals surface area contributed by atoms with E-state index in [-0.39, 0.29) is 23.3 Å². The van der Waals surface area contributed by atoms with Gasteiger partial charge in [0.25, 0.3) is 5.91 Å². The van der Waals surface area contributed by atoms with Gasteiger partial charge in [-0.1, -0.05) is 17.9 Å². The Kier molecular flexibility index (Phi) is 5.03. The average Bonchev–Trinajstić information content (AvgIpc) is 3.49. The molecule has 2 bridgehead atoms. The first kappa shape index (κ1) is 22.2. The summed E-state index contributed by atoms with van der Waals surface area (Å²) in [7, 11) is 1.77. The van der Waals surface area contributed by atoms with Crippen molar-refractivity contribution in [3.8, 4) is 17.6 Å². The predicted molar refractivity (Wildman–Crippen MR) is 124 cm³/mol. The number of fused-ring (bicyclic) bond motifs is 9. The van der Waals surface area contributed by atoms with Crippen LogP contribution in [0.1, 0.15) is 58.3 Å². The van der Waals surface area contributed by atoms with Gasteiger partial charge in [0.1, 0.15) is 17.4 Å². The molecule has 2 aliphatic rings. The van der Waals surface area contributed by atoms with Crippen molar-refractivity contribution in [1.82, 2.24) is 24.2 Å². The molecule has 0 unspecified atom stereocenters. The van der Waals surface area contributed by atoms with Gasteiger partial charge in [0.2, 0.25) is 0 Å². The van der Waals surface area contributed by atoms with Crippen LogP contribution in [0.4, 0.5) is 13.2 Å². The molecule has 4 heterocycles. The van der Waals surface area contributed by atoms with E-state index in [4.69, 9.17) is 4.74 Å². The fourth-order valence-electron chi connectivity index (χ4n) is 5.29. The first-order valence-electron chi connectivity index (χ1n) is 11.5. The number of benzene rings is 2. The van der Waals surface area contributed by atoms with Crippen molar-refractivity contribution in [2.45, 2.75) is 32.0 Å². The molecule has 2 aliphatic heterocycles. The second-order valence-corrected chi connectivity index (χ2v) is 8.77. The molecule has 7 nitrogen and oxygen atoms in total. The van der Waals surface area contributed by atoms with Crippen LogP contribution in [0.25, 0.3) is 11.0 Å². The number of carbonyl (C=O) groups is 1. The third-order valence-electron chi connectivity index (χ3n) is 6.73. The highest BCUT2D eigenvalue weighted by Gasteiger charge is 2.45. The van der Waals surface area contributed by atoms with Crippen molar-refractivity contribution in [2.24, 2.45) is 7.05 Å². The molecule has 2 aromatic heterocycles. The molecule has 0 spiro atoms. The Morgan fingerprint density at radius 2 is 2.06 bits per heavy atom. The van der Waals surface area contributed by atoms with E-state index < -0.39 is 18.5 Å². The standard InChI is InChI=1S/C26H20F3N5O2/c1-3-33-21-11-20(23-16(25(33)35)5-4-6-22(23)36-26(28)29)34-19-9-15(8-7-14-12-30-32(2)13-14)17(27)10-18(19)31-24(21)34/h4-6,9-10,12-13,20-21,26H,3,11H2,1-2H3/t20-,21-/m1/s1. The average molecular weight is 491 g/mol. The topological polar surface area (TPSA) is 65.2 Å². The first-order chi connectivity index (χ1) is 17.4. The lowest BCUT2D eigenvalue weighted by molar-refractivity contribution is -0.0507. The van der Waals surface area contributed by atoms with Crippen LogP contribution in [0, 0.1) is 17.7 Å². The number of carbonyl (C=O) groups excluding carboxylic acids is 1. The maximum atomic E-state index is 15.0. The van der Waals surface area contributed by atoms with Crippen LogP contribution in [0.2, 0.25) is 0 Å². The maximum absolute atomic E-state index is 15.0. The number of amides is 1. The van der Waals surface area contributed by atoms with Gasteiger partial charge in [-0.25, -0.2) is 9.37 Å². The molecule has 0 saturated carbocycles. The number of imidazole rings is 1. The fourth-order valence-corrected chi connectivity index (χ4v) is 5.29. The van der Waals surface area contributed by atoms with Crippen molar-refractivity contribution in [1.29, 1.82) is 0 Å². The lowest BCUT2D eigenvalue weighted by Crippen LogP contribution is -2.34. The van der Waals surface area contributed by atoms with Gasteiger partial charge >= 0.3 is 6.61 Å². The number of hydrogen-bond acceptors (Lipinski definition) is 4. The number of alkyl halides is 2. The molecule has 6 rings (SSSR count). The van der Waals surface area contributed by atoms with Gasteiger partial charge in [0.15, 0.2) is 0 Å². The summed E-state index contributed by atoms with van der Waals surface area (Å²) in [5.41, 5.74) is 2.53. The zero-order chi connectivity index (χ0) is 25.1. The number of nitrogens with zero attached hydrogens (tertiary/aromatic N) is 5. The van der Waals surface area contributed by atoms with Crippen LogP contribution in [0.5, 0.6) is 5.75 Å². The van der Waals surface area contributed by atoms with E-state index in [0.717, 1.165) is 0 Å². The van der Waals surface area contributed by atoms with Gasteiger partial charge in [-0.15, -0.1) is 0 Å². The van der Waals surface area contributed by atoms with Crippen molar-refractivity contribution in [2.75, 3.05) is 6.54 Å². The summed E-state index contributed by atoms with van der Waals surface area (Å²) in [5.74, 6) is 5.51. The number of aromatic nitrogens is 4. The molecule has 0 saturated heterocycles. The molecule has 2 atom stereocenters. The molecular formula is C26H20F3N5O2. The molecule has 0 radical (unpaired) electrons. The highest BCUT2D eigenvalue weighted by molar-refractivity contribution is 5.98. The normalized spacial score (nSPS) is 18.2. The molecular weight excluding hydrogens is 471 g/mol. The van der Waals surface area contributed by atoms with Gasteiger partial charge in [-0.05, 0) is 25.1 Å². The Balaban J connectivity index is 1.56. The van der Waals surface area contributed by atoms with Gasteiger partial charge in [0.05, 0.1) is 40.4 Å². The molecule has 0 fully saturated rings. The zero-order valence-corrected chi connectivity index (χ0v) is 19.4. The quantitative estimate of drug-likeness (QED) is 0.398. The molecule has 2 aromatic carbocycles.